The number of carbonyl (C=O) groups excluding carboxylic acids is 1. The number of amides is 1. The van der Waals surface area contributed by atoms with Crippen LogP contribution in [0, 0.1) is 5.82 Å². The molecule has 3 heterocycles. The van der Waals surface area contributed by atoms with Crippen LogP contribution < -0.4 is 4.74 Å². The topological polar surface area (TPSA) is 81.1 Å². The third-order valence-electron chi connectivity index (χ3n) is 4.53. The summed E-state index contributed by atoms with van der Waals surface area (Å²) in [5, 5.41) is 0. The largest absolute Gasteiger partial charge is 0.475 e. The van der Waals surface area contributed by atoms with E-state index >= 15 is 0 Å². The lowest BCUT2D eigenvalue weighted by Crippen LogP contribution is -2.42. The molecule has 32 heavy (non-hydrogen) atoms. The van der Waals surface area contributed by atoms with Crippen molar-refractivity contribution in [1.29, 1.82) is 0 Å². The van der Waals surface area contributed by atoms with Crippen molar-refractivity contribution < 1.29 is 27.1 Å². The van der Waals surface area contributed by atoms with Gasteiger partial charge in [-0.05, 0) is 32.0 Å². The first kappa shape index (κ1) is 23.0. The molecule has 0 spiro atoms. The number of rotatable bonds is 7. The van der Waals surface area contributed by atoms with Crippen molar-refractivity contribution in [3.8, 4) is 17.4 Å². The minimum atomic E-state index is -4.50. The van der Waals surface area contributed by atoms with E-state index in [-0.39, 0.29) is 36.1 Å². The van der Waals surface area contributed by atoms with Gasteiger partial charge < -0.3 is 9.64 Å². The van der Waals surface area contributed by atoms with E-state index in [9.17, 15) is 22.4 Å². The molecule has 3 rings (SSSR count). The number of hydrogen-bond acceptors (Lipinski definition) is 6. The third kappa shape index (κ3) is 5.34. The average Bonchev–Trinajstić information content (AvgIpc) is 2.78. The molecule has 0 fully saturated rings. The number of alkyl halides is 3. The van der Waals surface area contributed by atoms with E-state index < -0.39 is 29.5 Å². The Balaban J connectivity index is 1.77. The first-order valence-corrected chi connectivity index (χ1v) is 9.60. The van der Waals surface area contributed by atoms with Gasteiger partial charge in [0.05, 0.1) is 23.4 Å². The van der Waals surface area contributed by atoms with Gasteiger partial charge in [-0.25, -0.2) is 24.3 Å². The van der Waals surface area contributed by atoms with E-state index in [1.54, 1.807) is 19.9 Å². The van der Waals surface area contributed by atoms with Gasteiger partial charge in [-0.1, -0.05) is 0 Å². The number of hydrogen-bond donors (Lipinski definition) is 0. The fraction of sp³-hybridized carbons (Fsp3) is 0.286. The van der Waals surface area contributed by atoms with Crippen molar-refractivity contribution in [2.45, 2.75) is 26.1 Å². The van der Waals surface area contributed by atoms with Crippen molar-refractivity contribution in [3.05, 3.63) is 66.0 Å². The maximum Gasteiger partial charge on any atom is 0.417 e. The van der Waals surface area contributed by atoms with Gasteiger partial charge in [-0.15, -0.1) is 0 Å². The van der Waals surface area contributed by atoms with Crippen LogP contribution in [0.1, 0.15) is 29.8 Å². The lowest BCUT2D eigenvalue weighted by molar-refractivity contribution is -0.137. The number of pyridine rings is 2. The Morgan fingerprint density at radius 2 is 1.84 bits per heavy atom. The number of carbonyl (C=O) groups is 1. The van der Waals surface area contributed by atoms with Gasteiger partial charge >= 0.3 is 6.18 Å². The van der Waals surface area contributed by atoms with Gasteiger partial charge in [0.1, 0.15) is 18.1 Å². The molecule has 0 radical (unpaired) electrons. The van der Waals surface area contributed by atoms with Crippen molar-refractivity contribution in [1.82, 2.24) is 24.8 Å². The summed E-state index contributed by atoms with van der Waals surface area (Å²) in [6.45, 7) is 3.64. The molecule has 168 valence electrons. The maximum atomic E-state index is 13.9. The van der Waals surface area contributed by atoms with Crippen molar-refractivity contribution in [3.63, 3.8) is 0 Å². The summed E-state index contributed by atoms with van der Waals surface area (Å²) in [6.07, 6.45) is 0.109. The highest BCUT2D eigenvalue weighted by molar-refractivity contribution is 5.99. The summed E-state index contributed by atoms with van der Waals surface area (Å²) in [7, 11) is 0. The van der Waals surface area contributed by atoms with Crippen LogP contribution in [0.5, 0.6) is 5.88 Å². The van der Waals surface area contributed by atoms with Gasteiger partial charge in [0, 0.05) is 31.2 Å². The highest BCUT2D eigenvalue weighted by Crippen LogP contribution is 2.29. The van der Waals surface area contributed by atoms with Crippen molar-refractivity contribution in [2.75, 3.05) is 13.2 Å². The maximum absolute atomic E-state index is 13.9. The number of nitrogens with zero attached hydrogens (tertiary/aromatic N) is 5. The molecule has 0 aromatic carbocycles. The van der Waals surface area contributed by atoms with Crippen LogP contribution in [0.25, 0.3) is 11.5 Å². The van der Waals surface area contributed by atoms with Crippen molar-refractivity contribution in [2.24, 2.45) is 0 Å². The summed E-state index contributed by atoms with van der Waals surface area (Å²) in [6, 6.07) is 4.12. The van der Waals surface area contributed by atoms with E-state index in [0.29, 0.717) is 6.20 Å². The predicted octanol–water partition coefficient (Wildman–Crippen LogP) is 4.02. The summed E-state index contributed by atoms with van der Waals surface area (Å²) in [5.74, 6) is -1.05. The van der Waals surface area contributed by atoms with Crippen LogP contribution in [0.4, 0.5) is 17.6 Å². The zero-order chi connectivity index (χ0) is 23.3. The minimum Gasteiger partial charge on any atom is -0.475 e. The Labute approximate surface area is 181 Å². The highest BCUT2D eigenvalue weighted by atomic mass is 19.4. The molecule has 3 aromatic rings. The third-order valence-corrected chi connectivity index (χ3v) is 4.53. The van der Waals surface area contributed by atoms with E-state index in [1.807, 2.05) is 0 Å². The molecule has 3 aromatic heterocycles. The standard InChI is InChI=1S/C21H19F4N5O2/c1-3-30(13(2)12-32-17-6-5-14(10-28-17)21(23,24)25)20(31)16-9-15(22)11-29-18(16)19-26-7-4-8-27-19/h4-11,13H,3,12H2,1-2H3. The predicted molar refractivity (Wildman–Crippen MR) is 106 cm³/mol. The summed E-state index contributed by atoms with van der Waals surface area (Å²) < 4.78 is 57.3. The quantitative estimate of drug-likeness (QED) is 0.507. The minimum absolute atomic E-state index is 0.0147. The molecular formula is C21H19F4N5O2. The van der Waals surface area contributed by atoms with E-state index in [1.165, 1.54) is 17.3 Å². The first-order valence-electron chi connectivity index (χ1n) is 9.60. The number of halogens is 4. The molecule has 0 N–H and O–H groups in total. The average molecular weight is 449 g/mol. The van der Waals surface area contributed by atoms with Crippen LogP contribution in [0.3, 0.4) is 0 Å². The Morgan fingerprint density at radius 3 is 2.44 bits per heavy atom. The molecule has 11 heteroatoms. The smallest absolute Gasteiger partial charge is 0.417 e. The molecular weight excluding hydrogens is 430 g/mol. The molecule has 1 atom stereocenters. The number of ether oxygens (including phenoxy) is 1. The molecule has 0 aliphatic heterocycles. The fourth-order valence-corrected chi connectivity index (χ4v) is 2.94. The monoisotopic (exact) mass is 449 g/mol. The van der Waals surface area contributed by atoms with Crippen LogP contribution in [-0.4, -0.2) is 49.9 Å². The first-order chi connectivity index (χ1) is 15.2. The molecule has 0 saturated carbocycles. The SMILES string of the molecule is CCN(C(=O)c1cc(F)cnc1-c1ncccn1)C(C)COc1ccc(C(F)(F)F)cn1. The summed E-state index contributed by atoms with van der Waals surface area (Å²) >= 11 is 0. The van der Waals surface area contributed by atoms with Crippen LogP contribution in [-0.2, 0) is 6.18 Å². The van der Waals surface area contributed by atoms with Gasteiger partial charge in [0.25, 0.3) is 5.91 Å². The molecule has 1 unspecified atom stereocenters. The summed E-state index contributed by atoms with van der Waals surface area (Å²) in [4.78, 5) is 30.4. The van der Waals surface area contributed by atoms with Gasteiger partial charge in [0.2, 0.25) is 5.88 Å². The number of aromatic nitrogens is 4. The van der Waals surface area contributed by atoms with Crippen molar-refractivity contribution >= 4 is 5.91 Å². The molecule has 0 saturated heterocycles. The molecule has 0 aliphatic rings. The zero-order valence-electron chi connectivity index (χ0n) is 17.2. The fourth-order valence-electron chi connectivity index (χ4n) is 2.94. The molecule has 0 aliphatic carbocycles. The second kappa shape index (κ2) is 9.67. The van der Waals surface area contributed by atoms with Gasteiger partial charge in [-0.3, -0.25) is 4.79 Å². The second-order valence-electron chi connectivity index (χ2n) is 6.76. The van der Waals surface area contributed by atoms with E-state index in [4.69, 9.17) is 4.74 Å². The zero-order valence-corrected chi connectivity index (χ0v) is 17.2. The molecule has 7 nitrogen and oxygen atoms in total. The Morgan fingerprint density at radius 1 is 1.12 bits per heavy atom. The van der Waals surface area contributed by atoms with Crippen LogP contribution >= 0.6 is 0 Å². The van der Waals surface area contributed by atoms with Crippen LogP contribution in [0.2, 0.25) is 0 Å². The lowest BCUT2D eigenvalue weighted by atomic mass is 10.1. The number of likely N-dealkylation sites (N-methyl/N-ethyl adjacent to an activating group) is 1. The Kier molecular flexibility index (Phi) is 6.96. The van der Waals surface area contributed by atoms with E-state index in [0.717, 1.165) is 24.4 Å². The normalized spacial score (nSPS) is 12.3. The molecule has 1 amide bonds. The Hall–Kier alpha value is -3.63. The Bertz CT molecular complexity index is 1060. The summed E-state index contributed by atoms with van der Waals surface area (Å²) in [5.41, 5.74) is -0.775. The highest BCUT2D eigenvalue weighted by Gasteiger charge is 2.31. The van der Waals surface area contributed by atoms with Crippen LogP contribution in [0.15, 0.2) is 49.1 Å². The second-order valence-corrected chi connectivity index (χ2v) is 6.76. The lowest BCUT2D eigenvalue weighted by Gasteiger charge is -2.28. The molecule has 0 bridgehead atoms. The van der Waals surface area contributed by atoms with Gasteiger partial charge in [-0.2, -0.15) is 13.2 Å². The van der Waals surface area contributed by atoms with Gasteiger partial charge in [0.15, 0.2) is 5.82 Å². The van der Waals surface area contributed by atoms with E-state index in [2.05, 4.69) is 19.9 Å².